The number of rotatable bonds is 7. The van der Waals surface area contributed by atoms with Gasteiger partial charge in [0, 0.05) is 5.38 Å². The van der Waals surface area contributed by atoms with Crippen LogP contribution in [-0.4, -0.2) is 25.0 Å². The molecular weight excluding hydrogens is 340 g/mol. The van der Waals surface area contributed by atoms with Gasteiger partial charge in [-0.05, 0) is 44.5 Å². The second kappa shape index (κ2) is 8.02. The Kier molecular flexibility index (Phi) is 6.03. The molecule has 1 aromatic carbocycles. The number of thiophene rings is 1. The molecule has 0 saturated carbocycles. The molecular formula is C18H22N2O4S. The third-order valence-corrected chi connectivity index (χ3v) is 4.43. The predicted molar refractivity (Wildman–Crippen MR) is 97.5 cm³/mol. The van der Waals surface area contributed by atoms with Gasteiger partial charge < -0.3 is 20.5 Å². The van der Waals surface area contributed by atoms with Crippen molar-refractivity contribution in [2.45, 2.75) is 32.9 Å². The molecule has 2 aromatic rings. The lowest BCUT2D eigenvalue weighted by molar-refractivity contribution is 0.0944. The van der Waals surface area contributed by atoms with E-state index in [0.29, 0.717) is 21.9 Å². The van der Waals surface area contributed by atoms with E-state index in [2.05, 4.69) is 5.32 Å². The van der Waals surface area contributed by atoms with E-state index in [1.54, 1.807) is 12.5 Å². The highest BCUT2D eigenvalue weighted by Crippen LogP contribution is 2.31. The van der Waals surface area contributed by atoms with Crippen molar-refractivity contribution in [2.75, 3.05) is 7.11 Å². The highest BCUT2D eigenvalue weighted by Gasteiger charge is 2.16. The molecule has 7 heteroatoms. The molecule has 2 rings (SSSR count). The van der Waals surface area contributed by atoms with E-state index in [0.717, 1.165) is 5.56 Å². The van der Waals surface area contributed by atoms with Crippen LogP contribution in [0.15, 0.2) is 29.6 Å². The third kappa shape index (κ3) is 4.73. The quantitative estimate of drug-likeness (QED) is 0.792. The fourth-order valence-corrected chi connectivity index (χ4v) is 3.04. The number of carbonyl (C=O) groups excluding carboxylic acids is 2. The Bertz CT molecular complexity index is 770. The first-order chi connectivity index (χ1) is 11.8. The molecule has 0 radical (unpaired) electrons. The van der Waals surface area contributed by atoms with Crippen LogP contribution in [0.1, 0.15) is 52.4 Å². The molecule has 2 amide bonds. The lowest BCUT2D eigenvalue weighted by atomic mass is 10.1. The van der Waals surface area contributed by atoms with E-state index < -0.39 is 5.91 Å². The minimum atomic E-state index is -0.547. The van der Waals surface area contributed by atoms with Crippen molar-refractivity contribution in [1.82, 2.24) is 5.32 Å². The number of amides is 2. The summed E-state index contributed by atoms with van der Waals surface area (Å²) in [6.07, 6.45) is 0.0372. The van der Waals surface area contributed by atoms with E-state index in [-0.39, 0.29) is 18.1 Å². The first-order valence-corrected chi connectivity index (χ1v) is 8.73. The number of hydrogen-bond acceptors (Lipinski definition) is 5. The van der Waals surface area contributed by atoms with Crippen molar-refractivity contribution >= 4 is 23.2 Å². The van der Waals surface area contributed by atoms with E-state index in [1.807, 2.05) is 39.0 Å². The zero-order valence-corrected chi connectivity index (χ0v) is 15.5. The molecule has 0 spiro atoms. The number of methoxy groups -OCH3 is 1. The van der Waals surface area contributed by atoms with Crippen molar-refractivity contribution in [3.63, 3.8) is 0 Å². The van der Waals surface area contributed by atoms with Gasteiger partial charge in [-0.15, -0.1) is 11.3 Å². The summed E-state index contributed by atoms with van der Waals surface area (Å²) in [7, 11) is 1.58. The van der Waals surface area contributed by atoms with Crippen molar-refractivity contribution in [2.24, 2.45) is 5.73 Å². The summed E-state index contributed by atoms with van der Waals surface area (Å²) in [5.41, 5.74) is 6.43. The Morgan fingerprint density at radius 2 is 1.88 bits per heavy atom. The summed E-state index contributed by atoms with van der Waals surface area (Å²) < 4.78 is 11.1. The molecule has 1 aromatic heterocycles. The molecule has 3 N–H and O–H groups in total. The highest BCUT2D eigenvalue weighted by atomic mass is 32.1. The zero-order valence-electron chi connectivity index (χ0n) is 14.7. The Labute approximate surface area is 150 Å². The third-order valence-electron chi connectivity index (χ3n) is 3.51. The lowest BCUT2D eigenvalue weighted by Crippen LogP contribution is -2.26. The molecule has 25 heavy (non-hydrogen) atoms. The van der Waals surface area contributed by atoms with Crippen molar-refractivity contribution in [1.29, 1.82) is 0 Å². The fraction of sp³-hybridized carbons (Fsp3) is 0.333. The van der Waals surface area contributed by atoms with Gasteiger partial charge >= 0.3 is 0 Å². The van der Waals surface area contributed by atoms with Crippen LogP contribution in [0.5, 0.6) is 11.5 Å². The Morgan fingerprint density at radius 1 is 1.16 bits per heavy atom. The number of hydrogen-bond donors (Lipinski definition) is 2. The summed E-state index contributed by atoms with van der Waals surface area (Å²) in [6, 6.07) is 6.80. The van der Waals surface area contributed by atoms with Crippen LogP contribution >= 0.6 is 11.3 Å². The van der Waals surface area contributed by atoms with E-state index in [1.165, 1.54) is 17.4 Å². The van der Waals surface area contributed by atoms with Crippen LogP contribution in [0.25, 0.3) is 0 Å². The molecule has 0 aliphatic carbocycles. The molecule has 1 atom stereocenters. The van der Waals surface area contributed by atoms with Crippen LogP contribution in [0, 0.1) is 0 Å². The van der Waals surface area contributed by atoms with E-state index >= 15 is 0 Å². The largest absolute Gasteiger partial charge is 0.493 e. The van der Waals surface area contributed by atoms with Crippen LogP contribution in [0.2, 0.25) is 0 Å². The number of benzene rings is 1. The SMILES string of the molecule is COc1cc(C(C)NC(=O)c2cc(C(N)=O)cs2)ccc1OC(C)C. The van der Waals surface area contributed by atoms with Gasteiger partial charge in [-0.1, -0.05) is 6.07 Å². The van der Waals surface area contributed by atoms with Gasteiger partial charge in [-0.3, -0.25) is 9.59 Å². The normalized spacial score (nSPS) is 11.9. The Balaban J connectivity index is 2.12. The van der Waals surface area contributed by atoms with Crippen LogP contribution in [0.4, 0.5) is 0 Å². The van der Waals surface area contributed by atoms with Crippen LogP contribution < -0.4 is 20.5 Å². The van der Waals surface area contributed by atoms with Gasteiger partial charge in [0.25, 0.3) is 5.91 Å². The summed E-state index contributed by atoms with van der Waals surface area (Å²) in [5.74, 6) is 0.462. The average Bonchev–Trinajstić information content (AvgIpc) is 3.05. The maximum atomic E-state index is 12.3. The zero-order chi connectivity index (χ0) is 18.6. The average molecular weight is 362 g/mol. The minimum absolute atomic E-state index is 0.0372. The smallest absolute Gasteiger partial charge is 0.261 e. The number of primary amides is 1. The Morgan fingerprint density at radius 3 is 2.44 bits per heavy atom. The van der Waals surface area contributed by atoms with Crippen molar-refractivity contribution in [3.8, 4) is 11.5 Å². The topological polar surface area (TPSA) is 90.6 Å². The summed E-state index contributed by atoms with van der Waals surface area (Å²) in [4.78, 5) is 23.9. The summed E-state index contributed by atoms with van der Waals surface area (Å²) in [5, 5.41) is 4.47. The Hall–Kier alpha value is -2.54. The number of nitrogens with two attached hydrogens (primary N) is 1. The fourth-order valence-electron chi connectivity index (χ4n) is 2.24. The van der Waals surface area contributed by atoms with Gasteiger partial charge in [0.1, 0.15) is 0 Å². The summed E-state index contributed by atoms with van der Waals surface area (Å²) in [6.45, 7) is 5.76. The molecule has 0 fully saturated rings. The number of nitrogens with one attached hydrogen (secondary N) is 1. The van der Waals surface area contributed by atoms with Crippen LogP contribution in [0.3, 0.4) is 0 Å². The molecule has 0 saturated heterocycles. The van der Waals surface area contributed by atoms with Gasteiger partial charge in [-0.25, -0.2) is 0 Å². The standard InChI is InChI=1S/C18H22N2O4S/c1-10(2)24-14-6-5-12(7-15(14)23-4)11(3)20-18(22)16-8-13(9-25-16)17(19)21/h5-11H,1-4H3,(H2,19,21)(H,20,22). The molecule has 0 aliphatic heterocycles. The maximum absolute atomic E-state index is 12.3. The van der Waals surface area contributed by atoms with Gasteiger partial charge in [0.2, 0.25) is 5.91 Å². The predicted octanol–water partition coefficient (Wildman–Crippen LogP) is 3.13. The number of carbonyl (C=O) groups is 2. The molecule has 0 bridgehead atoms. The molecule has 1 unspecified atom stereocenters. The molecule has 0 aliphatic rings. The van der Waals surface area contributed by atoms with Gasteiger partial charge in [0.15, 0.2) is 11.5 Å². The summed E-state index contributed by atoms with van der Waals surface area (Å²) >= 11 is 1.18. The second-order valence-corrected chi connectivity index (χ2v) is 6.75. The highest BCUT2D eigenvalue weighted by molar-refractivity contribution is 7.12. The molecule has 1 heterocycles. The molecule has 134 valence electrons. The maximum Gasteiger partial charge on any atom is 0.261 e. The van der Waals surface area contributed by atoms with Crippen molar-refractivity contribution in [3.05, 3.63) is 45.6 Å². The first kappa shape index (κ1) is 18.8. The molecule has 6 nitrogen and oxygen atoms in total. The van der Waals surface area contributed by atoms with E-state index in [4.69, 9.17) is 15.2 Å². The van der Waals surface area contributed by atoms with E-state index in [9.17, 15) is 9.59 Å². The second-order valence-electron chi connectivity index (χ2n) is 5.84. The van der Waals surface area contributed by atoms with Crippen molar-refractivity contribution < 1.29 is 19.1 Å². The monoisotopic (exact) mass is 362 g/mol. The van der Waals surface area contributed by atoms with Gasteiger partial charge in [-0.2, -0.15) is 0 Å². The lowest BCUT2D eigenvalue weighted by Gasteiger charge is -2.18. The number of ether oxygens (including phenoxy) is 2. The van der Waals surface area contributed by atoms with Gasteiger partial charge in [0.05, 0.1) is 29.7 Å². The minimum Gasteiger partial charge on any atom is -0.493 e. The van der Waals surface area contributed by atoms with Crippen LogP contribution in [-0.2, 0) is 0 Å². The first-order valence-electron chi connectivity index (χ1n) is 7.85.